The van der Waals surface area contributed by atoms with Crippen LogP contribution in [-0.4, -0.2) is 58.2 Å². The van der Waals surface area contributed by atoms with E-state index in [0.29, 0.717) is 23.2 Å². The van der Waals surface area contributed by atoms with Crippen LogP contribution < -0.4 is 10.6 Å². The number of aliphatic hydroxyl groups is 1. The Balaban J connectivity index is 1.17. The summed E-state index contributed by atoms with van der Waals surface area (Å²) in [5, 5.41) is 15.5. The van der Waals surface area contributed by atoms with E-state index in [9.17, 15) is 29.1 Å². The fraction of sp³-hybridized carbons (Fsp3) is 0.310. The van der Waals surface area contributed by atoms with E-state index < -0.39 is 11.9 Å². The number of ketones is 1. The van der Waals surface area contributed by atoms with Gasteiger partial charge in [-0.1, -0.05) is 36.4 Å². The molecule has 3 N–H and O–H groups in total. The van der Waals surface area contributed by atoms with E-state index in [1.165, 1.54) is 11.1 Å². The molecule has 4 amide bonds. The van der Waals surface area contributed by atoms with Crippen LogP contribution in [0.2, 0.25) is 0 Å². The summed E-state index contributed by atoms with van der Waals surface area (Å²) in [5.41, 5.74) is 2.66. The number of allylic oxidation sites excluding steroid dienone is 2. The molecule has 1 fully saturated rings. The van der Waals surface area contributed by atoms with Crippen molar-refractivity contribution in [3.8, 4) is 0 Å². The Hall–Kier alpha value is -4.60. The molecule has 2 atom stereocenters. The summed E-state index contributed by atoms with van der Waals surface area (Å²) < 4.78 is 0. The number of Topliss-reactive ketones (excluding diaryl/α,β-unsaturated/α-hetero) is 1. The lowest BCUT2D eigenvalue weighted by Gasteiger charge is -2.29. The van der Waals surface area contributed by atoms with Crippen LogP contribution in [0.25, 0.3) is 0 Å². The summed E-state index contributed by atoms with van der Waals surface area (Å²) in [7, 11) is 0. The molecule has 0 bridgehead atoms. The number of carbonyl (C=O) groups is 5. The van der Waals surface area contributed by atoms with Gasteiger partial charge in [0.2, 0.25) is 17.7 Å². The smallest absolute Gasteiger partial charge is 0.255 e. The minimum absolute atomic E-state index is 0.00149. The first-order valence-electron chi connectivity index (χ1n) is 12.9. The monoisotopic (exact) mass is 528 g/mol. The van der Waals surface area contributed by atoms with Crippen LogP contribution in [-0.2, 0) is 25.7 Å². The number of benzene rings is 2. The number of nitrogens with zero attached hydrogens (tertiary/aromatic N) is 2. The first kappa shape index (κ1) is 26.0. The standard InChI is InChI=1S/C29H28N4O6/c34-24-13-18(17-5-2-1-3-6-17)14-25(35)20(24)15-30-12-11-27(37)31-22-8-4-7-19-21(22)16-33(29(19)39)23-9-10-26(36)32-28(23)38/h1-8,15,18,23,34H,9-14,16H2,(H,31,37)(H,32,36,38). The molecule has 10 nitrogen and oxygen atoms in total. The topological polar surface area (TPSA) is 145 Å². The van der Waals surface area contributed by atoms with E-state index in [-0.39, 0.29) is 79.5 Å². The number of fused-ring (bicyclic) bond motifs is 1. The van der Waals surface area contributed by atoms with E-state index in [0.717, 1.165) is 5.56 Å². The Kier molecular flexibility index (Phi) is 7.36. The average Bonchev–Trinajstić information content (AvgIpc) is 3.25. The van der Waals surface area contributed by atoms with Crippen molar-refractivity contribution in [2.45, 2.75) is 50.6 Å². The Bertz CT molecular complexity index is 1410. The highest BCUT2D eigenvalue weighted by Crippen LogP contribution is 2.34. The molecule has 0 radical (unpaired) electrons. The summed E-state index contributed by atoms with van der Waals surface area (Å²) in [6, 6.07) is 13.8. The number of aliphatic imine (C=N–C) groups is 1. The lowest BCUT2D eigenvalue weighted by molar-refractivity contribution is -0.137. The van der Waals surface area contributed by atoms with Gasteiger partial charge in [-0.25, -0.2) is 0 Å². The molecule has 0 saturated carbocycles. The third-order valence-corrected chi connectivity index (χ3v) is 7.30. The fourth-order valence-electron chi connectivity index (χ4n) is 5.25. The summed E-state index contributed by atoms with van der Waals surface area (Å²) in [6.45, 7) is 0.253. The number of hydrogen-bond acceptors (Lipinski definition) is 7. The van der Waals surface area contributed by atoms with Gasteiger partial charge in [-0.2, -0.15) is 0 Å². The second kappa shape index (κ2) is 11.0. The second-order valence-corrected chi connectivity index (χ2v) is 9.86. The van der Waals surface area contributed by atoms with Gasteiger partial charge in [-0.05, 0) is 30.0 Å². The molecule has 2 aromatic carbocycles. The largest absolute Gasteiger partial charge is 0.511 e. The number of amides is 4. The number of imide groups is 1. The van der Waals surface area contributed by atoms with E-state index in [1.54, 1.807) is 18.2 Å². The number of rotatable bonds is 7. The third kappa shape index (κ3) is 5.50. The molecule has 1 aliphatic carbocycles. The van der Waals surface area contributed by atoms with Gasteiger partial charge in [-0.3, -0.25) is 34.3 Å². The van der Waals surface area contributed by atoms with E-state index in [2.05, 4.69) is 15.6 Å². The molecule has 200 valence electrons. The molecule has 2 heterocycles. The van der Waals surface area contributed by atoms with Crippen molar-refractivity contribution in [3.63, 3.8) is 0 Å². The van der Waals surface area contributed by atoms with Crippen LogP contribution in [0.4, 0.5) is 5.69 Å². The lowest BCUT2D eigenvalue weighted by Crippen LogP contribution is -2.52. The summed E-state index contributed by atoms with van der Waals surface area (Å²) in [6.07, 6.45) is 2.41. The van der Waals surface area contributed by atoms with Crippen molar-refractivity contribution < 1.29 is 29.1 Å². The lowest BCUT2D eigenvalue weighted by atomic mass is 9.83. The van der Waals surface area contributed by atoms with Gasteiger partial charge in [0.05, 0.1) is 5.57 Å². The Morgan fingerprint density at radius 2 is 1.87 bits per heavy atom. The van der Waals surface area contributed by atoms with Crippen LogP contribution in [0.5, 0.6) is 0 Å². The van der Waals surface area contributed by atoms with E-state index in [1.807, 2.05) is 30.3 Å². The van der Waals surface area contributed by atoms with Crippen LogP contribution in [0.1, 0.15) is 59.5 Å². The second-order valence-electron chi connectivity index (χ2n) is 9.86. The number of anilines is 1. The minimum atomic E-state index is -0.739. The highest BCUT2D eigenvalue weighted by Gasteiger charge is 2.40. The zero-order chi connectivity index (χ0) is 27.5. The highest BCUT2D eigenvalue weighted by molar-refractivity contribution is 6.14. The van der Waals surface area contributed by atoms with Gasteiger partial charge in [0.1, 0.15) is 11.8 Å². The summed E-state index contributed by atoms with van der Waals surface area (Å²) >= 11 is 0. The van der Waals surface area contributed by atoms with E-state index >= 15 is 0 Å². The molecule has 2 unspecified atom stereocenters. The normalized spacial score (nSPS) is 21.4. The first-order valence-corrected chi connectivity index (χ1v) is 12.9. The van der Waals surface area contributed by atoms with Crippen molar-refractivity contribution in [3.05, 3.63) is 76.6 Å². The predicted molar refractivity (Wildman–Crippen MR) is 142 cm³/mol. The predicted octanol–water partition coefficient (Wildman–Crippen LogP) is 2.81. The Labute approximate surface area is 224 Å². The van der Waals surface area contributed by atoms with Crippen LogP contribution in [0.15, 0.2) is 64.9 Å². The molecule has 2 aliphatic heterocycles. The summed E-state index contributed by atoms with van der Waals surface area (Å²) in [4.78, 5) is 67.6. The molecular formula is C29H28N4O6. The van der Waals surface area contributed by atoms with Gasteiger partial charge in [0, 0.05) is 61.8 Å². The van der Waals surface area contributed by atoms with Crippen molar-refractivity contribution in [1.29, 1.82) is 0 Å². The minimum Gasteiger partial charge on any atom is -0.511 e. The Morgan fingerprint density at radius 3 is 2.62 bits per heavy atom. The quantitative estimate of drug-likeness (QED) is 0.372. The molecule has 0 aromatic heterocycles. The molecule has 2 aromatic rings. The number of aliphatic hydroxyl groups excluding tert-OH is 1. The molecule has 5 rings (SSSR count). The zero-order valence-electron chi connectivity index (χ0n) is 21.2. The maximum Gasteiger partial charge on any atom is 0.255 e. The Morgan fingerprint density at radius 1 is 1.08 bits per heavy atom. The van der Waals surface area contributed by atoms with Gasteiger partial charge < -0.3 is 15.3 Å². The number of nitrogens with one attached hydrogen (secondary N) is 2. The third-order valence-electron chi connectivity index (χ3n) is 7.30. The maximum absolute atomic E-state index is 13.0. The number of carbonyl (C=O) groups excluding carboxylic acids is 5. The molecule has 1 saturated heterocycles. The van der Waals surface area contributed by atoms with Crippen LogP contribution in [0.3, 0.4) is 0 Å². The molecule has 10 heteroatoms. The van der Waals surface area contributed by atoms with Gasteiger partial charge >= 0.3 is 0 Å². The number of piperidine rings is 1. The molecule has 3 aliphatic rings. The average molecular weight is 529 g/mol. The fourth-order valence-corrected chi connectivity index (χ4v) is 5.25. The highest BCUT2D eigenvalue weighted by atomic mass is 16.3. The first-order chi connectivity index (χ1) is 18.8. The molecular weight excluding hydrogens is 500 g/mol. The van der Waals surface area contributed by atoms with Crippen LogP contribution >= 0.6 is 0 Å². The van der Waals surface area contributed by atoms with Gasteiger partial charge in [0.15, 0.2) is 5.78 Å². The SMILES string of the molecule is O=C1CCC(N2Cc3c(NC(=O)CCN=CC4=C(O)CC(c5ccccc5)CC4=O)cccc3C2=O)C(=O)N1. The van der Waals surface area contributed by atoms with Crippen molar-refractivity contribution in [2.24, 2.45) is 4.99 Å². The molecule has 0 spiro atoms. The molecule has 39 heavy (non-hydrogen) atoms. The zero-order valence-corrected chi connectivity index (χ0v) is 21.2. The van der Waals surface area contributed by atoms with Crippen LogP contribution in [0, 0.1) is 0 Å². The van der Waals surface area contributed by atoms with E-state index in [4.69, 9.17) is 0 Å². The van der Waals surface area contributed by atoms with Gasteiger partial charge in [0.25, 0.3) is 5.91 Å². The van der Waals surface area contributed by atoms with Crippen molar-refractivity contribution in [1.82, 2.24) is 10.2 Å². The number of hydrogen-bond donors (Lipinski definition) is 3. The van der Waals surface area contributed by atoms with Gasteiger partial charge in [-0.15, -0.1) is 0 Å². The van der Waals surface area contributed by atoms with Crippen molar-refractivity contribution >= 4 is 41.3 Å². The maximum atomic E-state index is 13.0. The summed E-state index contributed by atoms with van der Waals surface area (Å²) in [5.74, 6) is -1.77. The van der Waals surface area contributed by atoms with Crippen molar-refractivity contribution in [2.75, 3.05) is 11.9 Å².